The molecule has 2 aliphatic rings. The Kier molecular flexibility index (Phi) is 22.4. The molecule has 1 aliphatic carbocycles. The maximum absolute atomic E-state index is 5.17. The molecule has 4 aromatic rings. The fraction of sp³-hybridized carbons (Fsp3) is 0.520. The summed E-state index contributed by atoms with van der Waals surface area (Å²) in [4.78, 5) is 0. The first kappa shape index (κ1) is 46.8. The Morgan fingerprint density at radius 2 is 0.635 bits per heavy atom. The van der Waals surface area contributed by atoms with Crippen molar-refractivity contribution in [3.8, 4) is 0 Å². The molecule has 1 saturated carbocycles. The lowest BCUT2D eigenvalue weighted by Gasteiger charge is -2.24. The van der Waals surface area contributed by atoms with Crippen LogP contribution in [-0.4, -0.2) is 19.5 Å². The maximum atomic E-state index is 5.17. The molecule has 6 rings (SSSR count). The molecule has 0 N–H and O–H groups in total. The summed E-state index contributed by atoms with van der Waals surface area (Å²) >= 11 is 0. The second-order valence-corrected chi connectivity index (χ2v) is 16.0. The van der Waals surface area contributed by atoms with Gasteiger partial charge in [-0.15, -0.1) is 0 Å². The van der Waals surface area contributed by atoms with Crippen molar-refractivity contribution in [2.24, 2.45) is 17.8 Å². The fourth-order valence-corrected chi connectivity index (χ4v) is 5.63. The molecule has 1 heterocycles. The molecule has 52 heavy (non-hydrogen) atoms. The average molecular weight is 709 g/mol. The molecule has 2 nitrogen and oxygen atoms in total. The van der Waals surface area contributed by atoms with E-state index in [9.17, 15) is 0 Å². The van der Waals surface area contributed by atoms with E-state index in [1.54, 1.807) is 0 Å². The lowest BCUT2D eigenvalue weighted by Crippen LogP contribution is -2.27. The van der Waals surface area contributed by atoms with Crippen molar-refractivity contribution in [2.75, 3.05) is 13.2 Å². The van der Waals surface area contributed by atoms with Gasteiger partial charge in [0.05, 0.1) is 13.2 Å². The Morgan fingerprint density at radius 3 is 0.904 bits per heavy atom. The highest BCUT2D eigenvalue weighted by molar-refractivity contribution is 5.37. The van der Waals surface area contributed by atoms with E-state index in [2.05, 4.69) is 177 Å². The van der Waals surface area contributed by atoms with Crippen molar-refractivity contribution in [1.82, 2.24) is 0 Å². The molecule has 0 radical (unpaired) electrons. The zero-order valence-electron chi connectivity index (χ0n) is 36.3. The lowest BCUT2D eigenvalue weighted by molar-refractivity contribution is -0.187. The van der Waals surface area contributed by atoms with Crippen LogP contribution in [0.25, 0.3) is 0 Å². The molecule has 4 aromatic carbocycles. The molecule has 1 aliphatic heterocycles. The Labute approximate surface area is 321 Å². The molecule has 0 unspecified atom stereocenters. The minimum absolute atomic E-state index is 0.0196. The van der Waals surface area contributed by atoms with E-state index in [4.69, 9.17) is 9.47 Å². The molecule has 2 fully saturated rings. The highest BCUT2D eigenvalue weighted by Crippen LogP contribution is 2.27. The summed E-state index contributed by atoms with van der Waals surface area (Å²) in [6.45, 7) is 36.1. The smallest absolute Gasteiger partial charge is 0.154 e. The summed E-state index contributed by atoms with van der Waals surface area (Å²) in [6.07, 6.45) is 5.91. The zero-order valence-corrected chi connectivity index (χ0v) is 36.3. The van der Waals surface area contributed by atoms with Crippen LogP contribution < -0.4 is 0 Å². The summed E-state index contributed by atoms with van der Waals surface area (Å²) < 4.78 is 10.3. The Morgan fingerprint density at radius 1 is 0.346 bits per heavy atom. The number of hydrogen-bond acceptors (Lipinski definition) is 2. The largest absolute Gasteiger partial charge is 0.353 e. The summed E-state index contributed by atoms with van der Waals surface area (Å²) in [5, 5.41) is 0. The van der Waals surface area contributed by atoms with Gasteiger partial charge in [0.1, 0.15) is 0 Å². The first-order valence-corrected chi connectivity index (χ1v) is 19.8. The van der Waals surface area contributed by atoms with Crippen molar-refractivity contribution in [1.29, 1.82) is 0 Å². The van der Waals surface area contributed by atoms with E-state index in [-0.39, 0.29) is 6.29 Å². The first-order valence-electron chi connectivity index (χ1n) is 19.8. The number of rotatable bonds is 0. The predicted octanol–water partition coefficient (Wildman–Crippen LogP) is 14.3. The van der Waals surface area contributed by atoms with E-state index in [0.717, 1.165) is 25.0 Å². The van der Waals surface area contributed by atoms with Gasteiger partial charge in [-0.05, 0) is 146 Å². The first-order chi connectivity index (χ1) is 24.4. The highest BCUT2D eigenvalue weighted by atomic mass is 16.7. The number of ether oxygens (including phenoxy) is 2. The van der Waals surface area contributed by atoms with Gasteiger partial charge in [0, 0.05) is 5.92 Å². The number of aryl methyl sites for hydroxylation is 10. The van der Waals surface area contributed by atoms with Gasteiger partial charge in [0.2, 0.25) is 0 Å². The van der Waals surface area contributed by atoms with Gasteiger partial charge in [-0.1, -0.05) is 142 Å². The molecule has 0 amide bonds. The SMILES string of the molecule is CC1CCC(C)CC1.CC1COC(C)OC1.Cc1ccc(C)c(C)c1.Cc1ccc(C)c(C)c1.Cc1ccc(C)c(C)c1C.Cc1ccc(C)cc1. The van der Waals surface area contributed by atoms with Crippen molar-refractivity contribution in [3.63, 3.8) is 0 Å². The number of benzene rings is 4. The van der Waals surface area contributed by atoms with Gasteiger partial charge in [0.25, 0.3) is 0 Å². The fourth-order valence-electron chi connectivity index (χ4n) is 5.63. The third-order valence-corrected chi connectivity index (χ3v) is 10.4. The third kappa shape index (κ3) is 20.1. The standard InChI is InChI=1S/C10H14.2C9H12.C8H16.C8H10.C6H12O2/c1-7-5-6-8(2)10(4)9(7)3;2*1-7-4-5-8(2)9(3)6-7;2*1-7-3-5-8(2)6-4-7;1-5-3-7-6(2)8-4-5/h5-6H,1-4H3;2*4-6H,1-3H3;7-8H,3-6H2,1-2H3;3-6H,1-2H3;5-6H,3-4H2,1-2H3. The molecule has 0 spiro atoms. The Balaban J connectivity index is 0.000000313. The van der Waals surface area contributed by atoms with Gasteiger partial charge in [0.15, 0.2) is 6.29 Å². The van der Waals surface area contributed by atoms with Gasteiger partial charge < -0.3 is 9.47 Å². The van der Waals surface area contributed by atoms with E-state index in [1.807, 2.05) is 6.92 Å². The van der Waals surface area contributed by atoms with Crippen molar-refractivity contribution < 1.29 is 9.47 Å². The normalized spacial score (nSPS) is 18.9. The van der Waals surface area contributed by atoms with Crippen molar-refractivity contribution in [3.05, 3.63) is 140 Å². The van der Waals surface area contributed by atoms with Crippen molar-refractivity contribution >= 4 is 0 Å². The van der Waals surface area contributed by atoms with Crippen LogP contribution in [0, 0.1) is 101 Å². The van der Waals surface area contributed by atoms with Crippen LogP contribution in [0.15, 0.2) is 72.8 Å². The molecule has 0 atom stereocenters. The molecule has 0 bridgehead atoms. The van der Waals surface area contributed by atoms with Crippen LogP contribution in [0.4, 0.5) is 0 Å². The molecule has 2 heteroatoms. The van der Waals surface area contributed by atoms with Crippen LogP contribution in [0.1, 0.15) is 120 Å². The Hall–Kier alpha value is -3.20. The monoisotopic (exact) mass is 709 g/mol. The van der Waals surface area contributed by atoms with Gasteiger partial charge >= 0.3 is 0 Å². The molecule has 0 aromatic heterocycles. The summed E-state index contributed by atoms with van der Waals surface area (Å²) in [5.74, 6) is 2.61. The van der Waals surface area contributed by atoms with Crippen LogP contribution in [0.5, 0.6) is 0 Å². The van der Waals surface area contributed by atoms with E-state index < -0.39 is 0 Å². The predicted molar refractivity (Wildman–Crippen MR) is 230 cm³/mol. The highest BCUT2D eigenvalue weighted by Gasteiger charge is 2.14. The lowest BCUT2D eigenvalue weighted by atomic mass is 9.84. The minimum Gasteiger partial charge on any atom is -0.353 e. The molecule has 1 saturated heterocycles. The number of hydrogen-bond donors (Lipinski definition) is 0. The summed E-state index contributed by atoms with van der Waals surface area (Å²) in [6, 6.07) is 25.8. The Bertz CT molecular complexity index is 1410. The maximum Gasteiger partial charge on any atom is 0.154 e. The van der Waals surface area contributed by atoms with Crippen LogP contribution in [0.3, 0.4) is 0 Å². The third-order valence-electron chi connectivity index (χ3n) is 10.4. The summed E-state index contributed by atoms with van der Waals surface area (Å²) in [7, 11) is 0. The second kappa shape index (κ2) is 24.9. The van der Waals surface area contributed by atoms with Gasteiger partial charge in [-0.2, -0.15) is 0 Å². The quantitative estimate of drug-likeness (QED) is 0.181. The van der Waals surface area contributed by atoms with Crippen molar-refractivity contribution in [2.45, 2.75) is 143 Å². The van der Waals surface area contributed by atoms with Crippen LogP contribution >= 0.6 is 0 Å². The minimum atomic E-state index is 0.0196. The second-order valence-electron chi connectivity index (χ2n) is 16.0. The summed E-state index contributed by atoms with van der Waals surface area (Å²) in [5.41, 5.74) is 16.5. The van der Waals surface area contributed by atoms with Gasteiger partial charge in [-0.25, -0.2) is 0 Å². The van der Waals surface area contributed by atoms with E-state index in [0.29, 0.717) is 5.92 Å². The van der Waals surface area contributed by atoms with E-state index in [1.165, 1.54) is 92.4 Å². The molecule has 288 valence electrons. The topological polar surface area (TPSA) is 18.5 Å². The molecular weight excluding hydrogens is 633 g/mol. The van der Waals surface area contributed by atoms with Crippen LogP contribution in [-0.2, 0) is 9.47 Å². The zero-order chi connectivity index (χ0) is 39.4. The van der Waals surface area contributed by atoms with Gasteiger partial charge in [-0.3, -0.25) is 0 Å². The van der Waals surface area contributed by atoms with E-state index >= 15 is 0 Å². The molecular formula is C50H76O2. The van der Waals surface area contributed by atoms with Crippen LogP contribution in [0.2, 0.25) is 0 Å². The average Bonchev–Trinajstić information content (AvgIpc) is 3.11.